The number of carbonyl (C=O) groups excluding carboxylic acids is 1. The van der Waals surface area contributed by atoms with Crippen molar-refractivity contribution in [2.45, 2.75) is 40.3 Å². The highest BCUT2D eigenvalue weighted by molar-refractivity contribution is 6.31. The van der Waals surface area contributed by atoms with E-state index in [4.69, 9.17) is 17.3 Å². The van der Waals surface area contributed by atoms with Crippen molar-refractivity contribution in [2.75, 3.05) is 6.54 Å². The molecule has 0 aliphatic heterocycles. The van der Waals surface area contributed by atoms with Crippen molar-refractivity contribution in [1.29, 1.82) is 0 Å². The Kier molecular flexibility index (Phi) is 5.39. The first kappa shape index (κ1) is 16.0. The minimum absolute atomic E-state index is 0.0325. The summed E-state index contributed by atoms with van der Waals surface area (Å²) in [4.78, 5) is 14.1. The van der Waals surface area contributed by atoms with Crippen LogP contribution in [-0.4, -0.2) is 23.4 Å². The molecule has 0 aliphatic rings. The van der Waals surface area contributed by atoms with Crippen LogP contribution in [0.3, 0.4) is 0 Å². The fourth-order valence-corrected chi connectivity index (χ4v) is 1.94. The molecule has 1 rings (SSSR count). The van der Waals surface area contributed by atoms with Gasteiger partial charge in [0.05, 0.1) is 6.04 Å². The first-order valence-electron chi connectivity index (χ1n) is 6.55. The van der Waals surface area contributed by atoms with E-state index in [1.165, 1.54) is 0 Å². The number of hydrogen-bond donors (Lipinski definition) is 1. The van der Waals surface area contributed by atoms with Gasteiger partial charge in [0.25, 0.3) is 0 Å². The van der Waals surface area contributed by atoms with E-state index in [0.717, 1.165) is 5.56 Å². The van der Waals surface area contributed by atoms with Crippen LogP contribution in [0.5, 0.6) is 0 Å². The normalized spacial score (nSPS) is 13.2. The van der Waals surface area contributed by atoms with Gasteiger partial charge in [0.15, 0.2) is 0 Å². The molecule has 0 spiro atoms. The average Bonchev–Trinajstić information content (AvgIpc) is 2.35. The van der Waals surface area contributed by atoms with E-state index < -0.39 is 6.04 Å². The van der Waals surface area contributed by atoms with Gasteiger partial charge in [-0.1, -0.05) is 50.6 Å². The lowest BCUT2D eigenvalue weighted by Gasteiger charge is -2.31. The lowest BCUT2D eigenvalue weighted by atomic mass is 9.86. The first-order valence-corrected chi connectivity index (χ1v) is 6.93. The summed E-state index contributed by atoms with van der Waals surface area (Å²) >= 11 is 6.13. The van der Waals surface area contributed by atoms with Gasteiger partial charge in [-0.05, 0) is 24.0 Å². The Labute approximate surface area is 120 Å². The van der Waals surface area contributed by atoms with Crippen LogP contribution in [0.2, 0.25) is 5.02 Å². The van der Waals surface area contributed by atoms with E-state index in [1.54, 1.807) is 4.90 Å². The molecule has 19 heavy (non-hydrogen) atoms. The summed E-state index contributed by atoms with van der Waals surface area (Å²) in [5.74, 6) is -0.0325. The van der Waals surface area contributed by atoms with E-state index in [-0.39, 0.29) is 11.3 Å². The second-order valence-corrected chi connectivity index (χ2v) is 6.19. The maximum absolute atomic E-state index is 12.4. The monoisotopic (exact) mass is 282 g/mol. The van der Waals surface area contributed by atoms with Crippen molar-refractivity contribution < 1.29 is 4.79 Å². The van der Waals surface area contributed by atoms with Crippen LogP contribution >= 0.6 is 11.6 Å². The van der Waals surface area contributed by atoms with E-state index in [1.807, 2.05) is 52.0 Å². The van der Waals surface area contributed by atoms with E-state index in [9.17, 15) is 4.79 Å². The number of amides is 1. The summed E-state index contributed by atoms with van der Waals surface area (Å²) in [6, 6.07) is 7.06. The molecule has 1 aromatic carbocycles. The highest BCUT2D eigenvalue weighted by Gasteiger charge is 2.30. The molecule has 0 heterocycles. The quantitative estimate of drug-likeness (QED) is 0.922. The van der Waals surface area contributed by atoms with Gasteiger partial charge in [-0.3, -0.25) is 4.79 Å². The molecule has 0 aromatic heterocycles. The van der Waals surface area contributed by atoms with Crippen molar-refractivity contribution >= 4 is 17.5 Å². The van der Waals surface area contributed by atoms with E-state index >= 15 is 0 Å². The van der Waals surface area contributed by atoms with Gasteiger partial charge in [-0.25, -0.2) is 0 Å². The summed E-state index contributed by atoms with van der Waals surface area (Å²) in [6.45, 7) is 8.98. The predicted molar refractivity (Wildman–Crippen MR) is 80.0 cm³/mol. The van der Waals surface area contributed by atoms with Crippen molar-refractivity contribution in [3.8, 4) is 0 Å². The number of nitrogens with zero attached hydrogens (tertiary/aromatic N) is 1. The average molecular weight is 283 g/mol. The van der Waals surface area contributed by atoms with Gasteiger partial charge in [-0.15, -0.1) is 0 Å². The highest BCUT2D eigenvalue weighted by atomic mass is 35.5. The second kappa shape index (κ2) is 6.40. The smallest absolute Gasteiger partial charge is 0.240 e. The molecule has 1 aromatic rings. The Bertz CT molecular complexity index is 440. The van der Waals surface area contributed by atoms with Crippen molar-refractivity contribution in [2.24, 2.45) is 11.1 Å². The number of hydrogen-bond acceptors (Lipinski definition) is 2. The maximum Gasteiger partial charge on any atom is 0.240 e. The first-order chi connectivity index (χ1) is 8.77. The molecule has 0 bridgehead atoms. The van der Waals surface area contributed by atoms with Crippen molar-refractivity contribution in [3.05, 3.63) is 34.9 Å². The number of likely N-dealkylation sites (N-methyl/N-ethyl adjacent to an activating group) is 1. The van der Waals surface area contributed by atoms with Crippen LogP contribution < -0.4 is 5.73 Å². The van der Waals surface area contributed by atoms with E-state index in [0.29, 0.717) is 18.1 Å². The Hall–Kier alpha value is -1.06. The van der Waals surface area contributed by atoms with Gasteiger partial charge < -0.3 is 10.6 Å². The van der Waals surface area contributed by atoms with Crippen LogP contribution in [0.4, 0.5) is 0 Å². The molecule has 0 saturated carbocycles. The summed E-state index contributed by atoms with van der Waals surface area (Å²) in [5.41, 5.74) is 6.74. The minimum Gasteiger partial charge on any atom is -0.337 e. The molecule has 0 aliphatic carbocycles. The standard InChI is InChI=1S/C15H23ClN2O/c1-5-18(14(19)13(17)15(2,3)4)10-11-8-6-7-9-12(11)16/h6-9,13H,5,10,17H2,1-4H3. The Morgan fingerprint density at radius 3 is 2.42 bits per heavy atom. The topological polar surface area (TPSA) is 46.3 Å². The van der Waals surface area contributed by atoms with Gasteiger partial charge in [0.1, 0.15) is 0 Å². The summed E-state index contributed by atoms with van der Waals surface area (Å²) < 4.78 is 0. The Morgan fingerprint density at radius 2 is 1.95 bits per heavy atom. The molecule has 1 atom stereocenters. The molecule has 0 fully saturated rings. The number of carbonyl (C=O) groups is 1. The van der Waals surface area contributed by atoms with Crippen LogP contribution in [0.25, 0.3) is 0 Å². The largest absolute Gasteiger partial charge is 0.337 e. The van der Waals surface area contributed by atoms with Crippen LogP contribution in [0.15, 0.2) is 24.3 Å². The Morgan fingerprint density at radius 1 is 1.37 bits per heavy atom. The predicted octanol–water partition coefficient (Wildman–Crippen LogP) is 3.06. The molecule has 106 valence electrons. The molecule has 1 unspecified atom stereocenters. The number of halogens is 1. The highest BCUT2D eigenvalue weighted by Crippen LogP contribution is 2.21. The zero-order chi connectivity index (χ0) is 14.6. The zero-order valence-corrected chi connectivity index (χ0v) is 12.9. The number of benzene rings is 1. The fraction of sp³-hybridized carbons (Fsp3) is 0.533. The third-order valence-corrected chi connectivity index (χ3v) is 3.58. The van der Waals surface area contributed by atoms with Gasteiger partial charge in [0, 0.05) is 18.1 Å². The molecule has 3 nitrogen and oxygen atoms in total. The lowest BCUT2D eigenvalue weighted by Crippen LogP contribution is -2.50. The zero-order valence-electron chi connectivity index (χ0n) is 12.1. The summed E-state index contributed by atoms with van der Waals surface area (Å²) in [7, 11) is 0. The van der Waals surface area contributed by atoms with Gasteiger partial charge in [-0.2, -0.15) is 0 Å². The molecule has 4 heteroatoms. The molecule has 1 amide bonds. The summed E-state index contributed by atoms with van der Waals surface area (Å²) in [6.07, 6.45) is 0. The molecule has 0 saturated heterocycles. The number of rotatable bonds is 4. The summed E-state index contributed by atoms with van der Waals surface area (Å²) in [5, 5.41) is 0.679. The molecular formula is C15H23ClN2O. The van der Waals surface area contributed by atoms with Gasteiger partial charge >= 0.3 is 0 Å². The van der Waals surface area contributed by atoms with Crippen LogP contribution in [-0.2, 0) is 11.3 Å². The Balaban J connectivity index is 2.85. The van der Waals surface area contributed by atoms with Gasteiger partial charge in [0.2, 0.25) is 5.91 Å². The second-order valence-electron chi connectivity index (χ2n) is 5.79. The van der Waals surface area contributed by atoms with Crippen molar-refractivity contribution in [3.63, 3.8) is 0 Å². The fourth-order valence-electron chi connectivity index (χ4n) is 1.74. The minimum atomic E-state index is -0.505. The number of nitrogens with two attached hydrogens (primary N) is 1. The lowest BCUT2D eigenvalue weighted by molar-refractivity contribution is -0.135. The van der Waals surface area contributed by atoms with Crippen LogP contribution in [0.1, 0.15) is 33.3 Å². The third-order valence-electron chi connectivity index (χ3n) is 3.21. The molecule has 2 N–H and O–H groups in total. The third kappa shape index (κ3) is 4.22. The van der Waals surface area contributed by atoms with Crippen molar-refractivity contribution in [1.82, 2.24) is 4.90 Å². The maximum atomic E-state index is 12.4. The SMILES string of the molecule is CCN(Cc1ccccc1Cl)C(=O)C(N)C(C)(C)C. The molecule has 0 radical (unpaired) electrons. The van der Waals surface area contributed by atoms with Crippen LogP contribution in [0, 0.1) is 5.41 Å². The molecular weight excluding hydrogens is 260 g/mol. The van der Waals surface area contributed by atoms with E-state index in [2.05, 4.69) is 0 Å².